The molecule has 144 valence electrons. The highest BCUT2D eigenvalue weighted by Crippen LogP contribution is 2.18. The van der Waals surface area contributed by atoms with Crippen LogP contribution >= 0.6 is 0 Å². The number of aryl methyl sites for hydroxylation is 1. The smallest absolute Gasteiger partial charge is 0.326 e. The molecule has 26 heavy (non-hydrogen) atoms. The predicted octanol–water partition coefficient (Wildman–Crippen LogP) is 0.328. The topological polar surface area (TPSA) is 125 Å². The Morgan fingerprint density at radius 3 is 2.88 bits per heavy atom. The fraction of sp³-hybridized carbons (Fsp3) is 0.647. The molecule has 1 aliphatic heterocycles. The third-order valence-corrected chi connectivity index (χ3v) is 4.46. The maximum atomic E-state index is 12.6. The molecular formula is C17H26N4O5. The van der Waals surface area contributed by atoms with E-state index < -0.39 is 30.1 Å². The van der Waals surface area contributed by atoms with E-state index in [4.69, 9.17) is 4.74 Å². The third kappa shape index (κ3) is 5.04. The van der Waals surface area contributed by atoms with Crippen molar-refractivity contribution in [2.24, 2.45) is 0 Å². The third-order valence-electron chi connectivity index (χ3n) is 4.46. The van der Waals surface area contributed by atoms with Crippen LogP contribution in [0.15, 0.2) is 12.5 Å². The molecule has 2 rings (SSSR count). The maximum Gasteiger partial charge on any atom is 0.326 e. The van der Waals surface area contributed by atoms with Crippen LogP contribution in [0.3, 0.4) is 0 Å². The molecule has 0 radical (unpaired) electrons. The highest BCUT2D eigenvalue weighted by molar-refractivity contribution is 5.88. The molecule has 1 aromatic heterocycles. The van der Waals surface area contributed by atoms with Gasteiger partial charge in [-0.15, -0.1) is 0 Å². The van der Waals surface area contributed by atoms with E-state index in [0.29, 0.717) is 32.2 Å². The van der Waals surface area contributed by atoms with E-state index in [1.54, 1.807) is 26.4 Å². The minimum atomic E-state index is -0.997. The van der Waals surface area contributed by atoms with Crippen molar-refractivity contribution in [1.29, 1.82) is 0 Å². The van der Waals surface area contributed by atoms with Gasteiger partial charge in [0.1, 0.15) is 12.1 Å². The number of nitrogens with one attached hydrogen (secondary N) is 2. The number of aromatic amines is 1. The number of amides is 1. The quantitative estimate of drug-likeness (QED) is 0.538. The van der Waals surface area contributed by atoms with Gasteiger partial charge >= 0.3 is 11.9 Å². The molecule has 0 bridgehead atoms. The molecule has 3 N–H and O–H groups in total. The van der Waals surface area contributed by atoms with Crippen molar-refractivity contribution >= 4 is 17.8 Å². The average molecular weight is 366 g/mol. The molecule has 2 heterocycles. The summed E-state index contributed by atoms with van der Waals surface area (Å²) in [4.78, 5) is 44.5. The number of esters is 1. The Balaban J connectivity index is 1.99. The Kier molecular flexibility index (Phi) is 7.14. The van der Waals surface area contributed by atoms with E-state index in [0.717, 1.165) is 5.69 Å². The molecule has 1 aromatic rings. The lowest BCUT2D eigenvalue weighted by Crippen LogP contribution is -2.53. The van der Waals surface area contributed by atoms with E-state index in [9.17, 15) is 19.5 Å². The molecule has 9 heteroatoms. The van der Waals surface area contributed by atoms with Crippen LogP contribution in [0.25, 0.3) is 0 Å². The molecule has 0 spiro atoms. The standard InChI is InChI=1S/C17H26N4O5/c1-3-26-17(25)13(7-6-12-9-18-10-19-12)20-11(2)15(22)21-8-4-5-14(21)16(23)24/h9-11,13-14,20H,3-8H2,1-2H3,(H,18,19)(H,23,24)/t11-,13?,14-/m0/s1. The van der Waals surface area contributed by atoms with Crippen molar-refractivity contribution in [2.75, 3.05) is 13.2 Å². The summed E-state index contributed by atoms with van der Waals surface area (Å²) in [5.41, 5.74) is 0.811. The first-order chi connectivity index (χ1) is 12.4. The van der Waals surface area contributed by atoms with Gasteiger partial charge in [-0.3, -0.25) is 14.9 Å². The van der Waals surface area contributed by atoms with Gasteiger partial charge in [-0.05, 0) is 39.5 Å². The van der Waals surface area contributed by atoms with Gasteiger partial charge in [0.2, 0.25) is 5.91 Å². The lowest BCUT2D eigenvalue weighted by atomic mass is 10.1. The van der Waals surface area contributed by atoms with Gasteiger partial charge in [-0.25, -0.2) is 9.78 Å². The van der Waals surface area contributed by atoms with Crippen molar-refractivity contribution in [3.8, 4) is 0 Å². The highest BCUT2D eigenvalue weighted by atomic mass is 16.5. The number of ether oxygens (including phenoxy) is 1. The maximum absolute atomic E-state index is 12.6. The summed E-state index contributed by atoms with van der Waals surface area (Å²) >= 11 is 0. The number of carbonyl (C=O) groups is 3. The number of hydrogen-bond acceptors (Lipinski definition) is 6. The number of aromatic nitrogens is 2. The van der Waals surface area contributed by atoms with Crippen LogP contribution in [0, 0.1) is 0 Å². The number of H-pyrrole nitrogens is 1. The average Bonchev–Trinajstić information content (AvgIpc) is 3.28. The van der Waals surface area contributed by atoms with Crippen LogP contribution in [0.5, 0.6) is 0 Å². The number of nitrogens with zero attached hydrogens (tertiary/aromatic N) is 2. The first kappa shape index (κ1) is 19.9. The molecule has 1 unspecified atom stereocenters. The van der Waals surface area contributed by atoms with Gasteiger partial charge in [-0.2, -0.15) is 0 Å². The summed E-state index contributed by atoms with van der Waals surface area (Å²) in [6.45, 7) is 4.02. The second-order valence-electron chi connectivity index (χ2n) is 6.32. The minimum Gasteiger partial charge on any atom is -0.480 e. The Morgan fingerprint density at radius 1 is 1.50 bits per heavy atom. The monoisotopic (exact) mass is 366 g/mol. The van der Waals surface area contributed by atoms with Crippen molar-refractivity contribution < 1.29 is 24.2 Å². The SMILES string of the molecule is CCOC(=O)C(CCc1c[nH]cn1)N[C@@H](C)C(=O)N1CCC[C@H]1C(=O)O. The van der Waals surface area contributed by atoms with Gasteiger partial charge < -0.3 is 19.7 Å². The Bertz CT molecular complexity index is 619. The summed E-state index contributed by atoms with van der Waals surface area (Å²) in [7, 11) is 0. The van der Waals surface area contributed by atoms with Gasteiger partial charge in [0.05, 0.1) is 24.7 Å². The molecule has 1 saturated heterocycles. The zero-order valence-corrected chi connectivity index (χ0v) is 15.1. The normalized spacial score (nSPS) is 19.2. The number of rotatable bonds is 9. The number of imidazole rings is 1. The van der Waals surface area contributed by atoms with Crippen LogP contribution in [0.1, 0.15) is 38.8 Å². The zero-order valence-electron chi connectivity index (χ0n) is 15.1. The fourth-order valence-electron chi connectivity index (χ4n) is 3.14. The van der Waals surface area contributed by atoms with Gasteiger partial charge in [-0.1, -0.05) is 0 Å². The first-order valence-electron chi connectivity index (χ1n) is 8.87. The number of carboxylic acid groups (broad SMARTS) is 1. The predicted molar refractivity (Wildman–Crippen MR) is 92.3 cm³/mol. The Morgan fingerprint density at radius 2 is 2.27 bits per heavy atom. The lowest BCUT2D eigenvalue weighted by molar-refractivity contribution is -0.150. The van der Waals surface area contributed by atoms with Crippen LogP contribution in [0.4, 0.5) is 0 Å². The fourth-order valence-corrected chi connectivity index (χ4v) is 3.14. The number of hydrogen-bond donors (Lipinski definition) is 3. The van der Waals surface area contributed by atoms with E-state index >= 15 is 0 Å². The van der Waals surface area contributed by atoms with Crippen LogP contribution in [-0.4, -0.2) is 69.1 Å². The van der Waals surface area contributed by atoms with E-state index in [2.05, 4.69) is 15.3 Å². The molecule has 1 aliphatic rings. The van der Waals surface area contributed by atoms with Crippen LogP contribution in [0.2, 0.25) is 0 Å². The summed E-state index contributed by atoms with van der Waals surface area (Å²) in [5, 5.41) is 12.2. The molecule has 0 aromatic carbocycles. The minimum absolute atomic E-state index is 0.245. The summed E-state index contributed by atoms with van der Waals surface area (Å²) in [6, 6.07) is -2.16. The van der Waals surface area contributed by atoms with Crippen LogP contribution in [-0.2, 0) is 25.5 Å². The van der Waals surface area contributed by atoms with Crippen LogP contribution < -0.4 is 5.32 Å². The van der Waals surface area contributed by atoms with Crippen molar-refractivity contribution in [2.45, 2.75) is 57.7 Å². The molecule has 0 aliphatic carbocycles. The summed E-state index contributed by atoms with van der Waals surface area (Å²) in [5.74, 6) is -1.74. The molecule has 1 fully saturated rings. The number of likely N-dealkylation sites (tertiary alicyclic amines) is 1. The van der Waals surface area contributed by atoms with E-state index in [-0.39, 0.29) is 12.5 Å². The molecule has 1 amide bonds. The Labute approximate surface area is 152 Å². The summed E-state index contributed by atoms with van der Waals surface area (Å²) < 4.78 is 5.09. The highest BCUT2D eigenvalue weighted by Gasteiger charge is 2.36. The van der Waals surface area contributed by atoms with Gasteiger partial charge in [0.15, 0.2) is 0 Å². The van der Waals surface area contributed by atoms with Gasteiger partial charge in [0.25, 0.3) is 0 Å². The van der Waals surface area contributed by atoms with E-state index in [1.165, 1.54) is 4.90 Å². The van der Waals surface area contributed by atoms with Crippen molar-refractivity contribution in [1.82, 2.24) is 20.2 Å². The van der Waals surface area contributed by atoms with E-state index in [1.807, 2.05) is 0 Å². The Hall–Kier alpha value is -2.42. The lowest BCUT2D eigenvalue weighted by Gasteiger charge is -2.27. The largest absolute Gasteiger partial charge is 0.480 e. The summed E-state index contributed by atoms with van der Waals surface area (Å²) in [6.07, 6.45) is 5.39. The molecular weight excluding hydrogens is 340 g/mol. The van der Waals surface area contributed by atoms with Crippen molar-refractivity contribution in [3.63, 3.8) is 0 Å². The molecule has 3 atom stereocenters. The number of carboxylic acids is 1. The zero-order chi connectivity index (χ0) is 19.1. The number of carbonyl (C=O) groups excluding carboxylic acids is 2. The van der Waals surface area contributed by atoms with Gasteiger partial charge in [0, 0.05) is 12.7 Å². The second kappa shape index (κ2) is 9.33. The first-order valence-corrected chi connectivity index (χ1v) is 8.87. The van der Waals surface area contributed by atoms with Crippen molar-refractivity contribution in [3.05, 3.63) is 18.2 Å². The second-order valence-corrected chi connectivity index (χ2v) is 6.32. The number of aliphatic carboxylic acids is 1. The molecule has 9 nitrogen and oxygen atoms in total. The molecule has 0 saturated carbocycles.